The number of hydrogen-bond donors (Lipinski definition) is 1. The third-order valence-corrected chi connectivity index (χ3v) is 4.46. The lowest BCUT2D eigenvalue weighted by molar-refractivity contribution is -0.117. The van der Waals surface area contributed by atoms with E-state index in [1.54, 1.807) is 7.11 Å². The minimum absolute atomic E-state index is 0.0116. The summed E-state index contributed by atoms with van der Waals surface area (Å²) in [6, 6.07) is 7.73. The first-order chi connectivity index (χ1) is 10.7. The molecule has 5 nitrogen and oxygen atoms in total. The van der Waals surface area contributed by atoms with Gasteiger partial charge in [0.05, 0.1) is 19.3 Å². The van der Waals surface area contributed by atoms with Gasteiger partial charge in [-0.25, -0.2) is 4.98 Å². The number of anilines is 1. The fourth-order valence-electron chi connectivity index (χ4n) is 2.53. The zero-order valence-electron chi connectivity index (χ0n) is 12.5. The molecule has 3 rings (SSSR count). The van der Waals surface area contributed by atoms with Gasteiger partial charge in [0.25, 0.3) is 0 Å². The summed E-state index contributed by atoms with van der Waals surface area (Å²) in [5.74, 6) is 0.829. The van der Waals surface area contributed by atoms with Crippen LogP contribution in [0, 0.1) is 0 Å². The van der Waals surface area contributed by atoms with E-state index in [0.717, 1.165) is 30.1 Å². The Bertz CT molecular complexity index is 633. The highest BCUT2D eigenvalue weighted by Crippen LogP contribution is 2.26. The highest BCUT2D eigenvalue weighted by molar-refractivity contribution is 7.14. The Kier molecular flexibility index (Phi) is 4.70. The summed E-state index contributed by atoms with van der Waals surface area (Å²) in [4.78, 5) is 18.6. The number of nitrogens with zero attached hydrogens (tertiary/aromatic N) is 2. The second-order valence-electron chi connectivity index (χ2n) is 5.30. The van der Waals surface area contributed by atoms with E-state index in [1.165, 1.54) is 24.2 Å². The lowest BCUT2D eigenvalue weighted by atomic mass is 10.2. The Balaban J connectivity index is 1.61. The Hall–Kier alpha value is -1.92. The number of rotatable bonds is 5. The predicted molar refractivity (Wildman–Crippen MR) is 88.4 cm³/mol. The smallest absolute Gasteiger partial charge is 0.240 e. The molecular formula is C16H19N3O2S. The van der Waals surface area contributed by atoms with Crippen molar-refractivity contribution in [3.63, 3.8) is 0 Å². The molecule has 2 aromatic rings. The molecule has 1 aliphatic heterocycles. The summed E-state index contributed by atoms with van der Waals surface area (Å²) in [5, 5.41) is 5.48. The SMILES string of the molecule is COc1ccc(-c2csc(NC(=O)CN3CCCC3)n2)cc1. The van der Waals surface area contributed by atoms with Crippen molar-refractivity contribution < 1.29 is 9.53 Å². The van der Waals surface area contributed by atoms with Crippen molar-refractivity contribution in [2.45, 2.75) is 12.8 Å². The monoisotopic (exact) mass is 317 g/mol. The van der Waals surface area contributed by atoms with Crippen LogP contribution in [0.2, 0.25) is 0 Å². The number of ether oxygens (including phenoxy) is 1. The average molecular weight is 317 g/mol. The first-order valence-electron chi connectivity index (χ1n) is 7.37. The lowest BCUT2D eigenvalue weighted by Gasteiger charge is -2.12. The van der Waals surface area contributed by atoms with E-state index in [4.69, 9.17) is 4.74 Å². The molecule has 1 fully saturated rings. The maximum absolute atomic E-state index is 12.0. The van der Waals surface area contributed by atoms with Gasteiger partial charge in [0, 0.05) is 10.9 Å². The van der Waals surface area contributed by atoms with Gasteiger partial charge < -0.3 is 10.1 Å². The van der Waals surface area contributed by atoms with Gasteiger partial charge in [0.15, 0.2) is 5.13 Å². The molecule has 116 valence electrons. The minimum atomic E-state index is 0.0116. The van der Waals surface area contributed by atoms with Gasteiger partial charge in [0.1, 0.15) is 5.75 Å². The normalized spacial score (nSPS) is 15.0. The summed E-state index contributed by atoms with van der Waals surface area (Å²) in [6.07, 6.45) is 2.37. The van der Waals surface area contributed by atoms with Crippen LogP contribution in [0.3, 0.4) is 0 Å². The number of carbonyl (C=O) groups excluding carboxylic acids is 1. The number of amides is 1. The van der Waals surface area contributed by atoms with Crippen molar-refractivity contribution in [3.8, 4) is 17.0 Å². The summed E-state index contributed by atoms with van der Waals surface area (Å²) in [6.45, 7) is 2.49. The molecule has 0 atom stereocenters. The predicted octanol–water partition coefficient (Wildman–Crippen LogP) is 2.85. The molecule has 22 heavy (non-hydrogen) atoms. The minimum Gasteiger partial charge on any atom is -0.497 e. The number of methoxy groups -OCH3 is 1. The highest BCUT2D eigenvalue weighted by Gasteiger charge is 2.16. The molecule has 1 saturated heterocycles. The number of aromatic nitrogens is 1. The number of nitrogens with one attached hydrogen (secondary N) is 1. The third-order valence-electron chi connectivity index (χ3n) is 3.70. The maximum atomic E-state index is 12.0. The fraction of sp³-hybridized carbons (Fsp3) is 0.375. The van der Waals surface area contributed by atoms with Crippen molar-refractivity contribution in [2.24, 2.45) is 0 Å². The number of carbonyl (C=O) groups is 1. The van der Waals surface area contributed by atoms with E-state index >= 15 is 0 Å². The molecule has 1 N–H and O–H groups in total. The highest BCUT2D eigenvalue weighted by atomic mass is 32.1. The molecule has 1 amide bonds. The standard InChI is InChI=1S/C16H19N3O2S/c1-21-13-6-4-12(5-7-13)14-11-22-16(17-14)18-15(20)10-19-8-2-3-9-19/h4-7,11H,2-3,8-10H2,1H3,(H,17,18,20). The van der Waals surface area contributed by atoms with Crippen molar-refractivity contribution >= 4 is 22.4 Å². The number of thiazole rings is 1. The largest absolute Gasteiger partial charge is 0.497 e. The molecule has 6 heteroatoms. The van der Waals surface area contributed by atoms with Gasteiger partial charge in [-0.1, -0.05) is 0 Å². The van der Waals surface area contributed by atoms with Gasteiger partial charge in [-0.15, -0.1) is 11.3 Å². The zero-order chi connectivity index (χ0) is 15.4. The van der Waals surface area contributed by atoms with E-state index in [1.807, 2.05) is 29.6 Å². The summed E-state index contributed by atoms with van der Waals surface area (Å²) in [5.41, 5.74) is 1.88. The molecule has 2 heterocycles. The van der Waals surface area contributed by atoms with Crippen LogP contribution in [0.15, 0.2) is 29.6 Å². The van der Waals surface area contributed by atoms with Gasteiger partial charge in [-0.2, -0.15) is 0 Å². The number of hydrogen-bond acceptors (Lipinski definition) is 5. The molecule has 1 aromatic heterocycles. The molecule has 1 aliphatic rings. The molecule has 0 radical (unpaired) electrons. The molecule has 0 bridgehead atoms. The molecule has 0 saturated carbocycles. The Labute approximate surface area is 133 Å². The van der Waals surface area contributed by atoms with E-state index in [9.17, 15) is 4.79 Å². The topological polar surface area (TPSA) is 54.5 Å². The molecule has 1 aromatic carbocycles. The fourth-order valence-corrected chi connectivity index (χ4v) is 3.26. The Morgan fingerprint density at radius 3 is 2.73 bits per heavy atom. The van der Waals surface area contributed by atoms with Gasteiger partial charge in [0.2, 0.25) is 5.91 Å². The lowest BCUT2D eigenvalue weighted by Crippen LogP contribution is -2.30. The Morgan fingerprint density at radius 1 is 1.32 bits per heavy atom. The number of benzene rings is 1. The third kappa shape index (κ3) is 3.64. The first kappa shape index (κ1) is 15.0. The van der Waals surface area contributed by atoms with Crippen LogP contribution >= 0.6 is 11.3 Å². The van der Waals surface area contributed by atoms with Crippen LogP contribution in [0.1, 0.15) is 12.8 Å². The second kappa shape index (κ2) is 6.89. The summed E-state index contributed by atoms with van der Waals surface area (Å²) < 4.78 is 5.15. The van der Waals surface area contributed by atoms with Crippen LogP contribution in [0.4, 0.5) is 5.13 Å². The average Bonchev–Trinajstić information content (AvgIpc) is 3.19. The molecule has 0 aliphatic carbocycles. The quantitative estimate of drug-likeness (QED) is 0.921. The van der Waals surface area contributed by atoms with Crippen molar-refractivity contribution in [1.82, 2.24) is 9.88 Å². The summed E-state index contributed by atoms with van der Waals surface area (Å²) in [7, 11) is 1.64. The van der Waals surface area contributed by atoms with E-state index in [-0.39, 0.29) is 5.91 Å². The number of likely N-dealkylation sites (tertiary alicyclic amines) is 1. The molecular weight excluding hydrogens is 298 g/mol. The Morgan fingerprint density at radius 2 is 2.05 bits per heavy atom. The molecule has 0 spiro atoms. The molecule has 0 unspecified atom stereocenters. The van der Waals surface area contributed by atoms with E-state index in [0.29, 0.717) is 11.7 Å². The van der Waals surface area contributed by atoms with Crippen LogP contribution in [-0.2, 0) is 4.79 Å². The van der Waals surface area contributed by atoms with E-state index < -0.39 is 0 Å². The van der Waals surface area contributed by atoms with Crippen molar-refractivity contribution in [1.29, 1.82) is 0 Å². The van der Waals surface area contributed by atoms with Crippen LogP contribution in [0.25, 0.3) is 11.3 Å². The van der Waals surface area contributed by atoms with Gasteiger partial charge in [-0.05, 0) is 50.2 Å². The van der Waals surface area contributed by atoms with Crippen LogP contribution < -0.4 is 10.1 Å². The maximum Gasteiger partial charge on any atom is 0.240 e. The first-order valence-corrected chi connectivity index (χ1v) is 8.25. The van der Waals surface area contributed by atoms with E-state index in [2.05, 4.69) is 15.2 Å². The zero-order valence-corrected chi connectivity index (χ0v) is 13.4. The van der Waals surface area contributed by atoms with Gasteiger partial charge in [-0.3, -0.25) is 9.69 Å². The van der Waals surface area contributed by atoms with Crippen LogP contribution in [-0.4, -0.2) is 42.5 Å². The van der Waals surface area contributed by atoms with Gasteiger partial charge >= 0.3 is 0 Å². The van der Waals surface area contributed by atoms with Crippen molar-refractivity contribution in [2.75, 3.05) is 32.1 Å². The second-order valence-corrected chi connectivity index (χ2v) is 6.16. The van der Waals surface area contributed by atoms with Crippen LogP contribution in [0.5, 0.6) is 5.75 Å². The summed E-state index contributed by atoms with van der Waals surface area (Å²) >= 11 is 1.45. The van der Waals surface area contributed by atoms with Crippen molar-refractivity contribution in [3.05, 3.63) is 29.6 Å².